The van der Waals surface area contributed by atoms with Gasteiger partial charge in [0.05, 0.1) is 29.9 Å². The van der Waals surface area contributed by atoms with Gasteiger partial charge in [-0.15, -0.1) is 10.2 Å². The number of likely N-dealkylation sites (tertiary alicyclic amines) is 1. The summed E-state index contributed by atoms with van der Waals surface area (Å²) in [5, 5.41) is 32.7. The lowest BCUT2D eigenvalue weighted by atomic mass is 10.0. The number of fused-ring (bicyclic) bond motifs is 1. The zero-order valence-corrected chi connectivity index (χ0v) is 21.4. The van der Waals surface area contributed by atoms with E-state index in [0.29, 0.717) is 25.1 Å². The van der Waals surface area contributed by atoms with Gasteiger partial charge >= 0.3 is 6.03 Å². The molecule has 8 nitrogen and oxygen atoms in total. The van der Waals surface area contributed by atoms with Crippen molar-refractivity contribution in [1.82, 2.24) is 20.4 Å². The Kier molecular flexibility index (Phi) is 6.68. The highest BCUT2D eigenvalue weighted by molar-refractivity contribution is 7.15. The zero-order chi connectivity index (χ0) is 25.4. The molecule has 188 valence electrons. The van der Waals surface area contributed by atoms with Crippen molar-refractivity contribution in [3.63, 3.8) is 0 Å². The van der Waals surface area contributed by atoms with Gasteiger partial charge in [0.25, 0.3) is 0 Å². The van der Waals surface area contributed by atoms with Gasteiger partial charge < -0.3 is 20.1 Å². The summed E-state index contributed by atoms with van der Waals surface area (Å²) in [5.41, 5.74) is 3.25. The average molecular weight is 506 g/mol. The Balaban J connectivity index is 1.28. The molecule has 2 N–H and O–H groups in total. The zero-order valence-electron chi connectivity index (χ0n) is 20.6. The molecule has 1 aromatic carbocycles. The number of hydrogen-bond acceptors (Lipinski definition) is 7. The molecule has 1 saturated heterocycles. The van der Waals surface area contributed by atoms with E-state index >= 15 is 0 Å². The third-order valence-corrected chi connectivity index (χ3v) is 8.14. The molecule has 1 aliphatic heterocycles. The number of nitrogens with one attached hydrogen (secondary N) is 1. The fourth-order valence-electron chi connectivity index (χ4n) is 5.34. The Morgan fingerprint density at radius 2 is 2.25 bits per heavy atom. The molecule has 0 spiro atoms. The predicted octanol–water partition coefficient (Wildman–Crippen LogP) is 4.25. The van der Waals surface area contributed by atoms with E-state index in [1.807, 2.05) is 32.1 Å². The van der Waals surface area contributed by atoms with Gasteiger partial charge in [-0.25, -0.2) is 4.79 Å². The smallest absolute Gasteiger partial charge is 0.317 e. The van der Waals surface area contributed by atoms with Gasteiger partial charge in [-0.2, -0.15) is 5.26 Å². The molecule has 5 rings (SSSR count). The van der Waals surface area contributed by atoms with Crippen molar-refractivity contribution >= 4 is 23.4 Å². The maximum absolute atomic E-state index is 12.7. The SMILES string of the molecule is C=C(C#N)[C@@]1(OC(C)C)CC1/C=C/c1nnc(-c2cccc3c2CC[C@@H]3NC(=O)N2CC[C@H](O)C2)s1. The van der Waals surface area contributed by atoms with Crippen molar-refractivity contribution in [2.24, 2.45) is 5.92 Å². The first kappa shape index (κ1) is 24.6. The number of aromatic nitrogens is 2. The van der Waals surface area contributed by atoms with Crippen LogP contribution >= 0.6 is 11.3 Å². The number of urea groups is 1. The number of aliphatic hydroxyl groups excluding tert-OH is 1. The molecule has 2 aromatic rings. The molecule has 9 heteroatoms. The van der Waals surface area contributed by atoms with Gasteiger partial charge in [-0.05, 0) is 56.7 Å². The Bertz CT molecular complexity index is 1250. The second-order valence-electron chi connectivity index (χ2n) is 10.1. The highest BCUT2D eigenvalue weighted by Gasteiger charge is 2.57. The maximum Gasteiger partial charge on any atom is 0.317 e. The van der Waals surface area contributed by atoms with Crippen molar-refractivity contribution < 1.29 is 14.6 Å². The van der Waals surface area contributed by atoms with E-state index in [-0.39, 0.29) is 24.1 Å². The summed E-state index contributed by atoms with van der Waals surface area (Å²) in [7, 11) is 0. The molecule has 2 amide bonds. The number of β-amino-alcohol motifs (C(OH)–C–C–N with tert-alkyl or cyclic N) is 1. The van der Waals surface area contributed by atoms with Crippen LogP contribution in [-0.4, -0.2) is 57.1 Å². The van der Waals surface area contributed by atoms with Crippen LogP contribution in [0, 0.1) is 17.2 Å². The lowest BCUT2D eigenvalue weighted by Gasteiger charge is -2.21. The van der Waals surface area contributed by atoms with E-state index in [0.717, 1.165) is 40.4 Å². The van der Waals surface area contributed by atoms with Gasteiger partial charge in [0.15, 0.2) is 0 Å². The van der Waals surface area contributed by atoms with Crippen LogP contribution in [0.3, 0.4) is 0 Å². The van der Waals surface area contributed by atoms with Crippen LogP contribution in [0.2, 0.25) is 0 Å². The third-order valence-electron chi connectivity index (χ3n) is 7.21. The van der Waals surface area contributed by atoms with Crippen LogP contribution in [0.25, 0.3) is 16.6 Å². The first-order chi connectivity index (χ1) is 17.3. The van der Waals surface area contributed by atoms with Crippen LogP contribution in [0.5, 0.6) is 0 Å². The summed E-state index contributed by atoms with van der Waals surface area (Å²) in [6.45, 7) is 8.82. The van der Waals surface area contributed by atoms with Crippen molar-refractivity contribution in [3.8, 4) is 16.6 Å². The Hall–Kier alpha value is -3.06. The first-order valence-electron chi connectivity index (χ1n) is 12.5. The summed E-state index contributed by atoms with van der Waals surface area (Å²) in [6, 6.07) is 8.14. The van der Waals surface area contributed by atoms with Crippen molar-refractivity contribution in [1.29, 1.82) is 5.26 Å². The third kappa shape index (κ3) is 4.69. The van der Waals surface area contributed by atoms with Crippen molar-refractivity contribution in [2.45, 2.75) is 63.4 Å². The summed E-state index contributed by atoms with van der Waals surface area (Å²) in [6.07, 6.45) is 6.66. The molecular weight excluding hydrogens is 474 g/mol. The minimum Gasteiger partial charge on any atom is -0.391 e. The topological polar surface area (TPSA) is 111 Å². The molecule has 0 bridgehead atoms. The normalized spacial score (nSPS) is 26.9. The number of rotatable bonds is 7. The fourth-order valence-corrected chi connectivity index (χ4v) is 6.15. The van der Waals surface area contributed by atoms with E-state index in [4.69, 9.17) is 4.74 Å². The highest BCUT2D eigenvalue weighted by atomic mass is 32.1. The van der Waals surface area contributed by atoms with Gasteiger partial charge in [-0.3, -0.25) is 0 Å². The Morgan fingerprint density at radius 1 is 1.42 bits per heavy atom. The fraction of sp³-hybridized carbons (Fsp3) is 0.481. The van der Waals surface area contributed by atoms with Crippen LogP contribution in [-0.2, 0) is 11.2 Å². The van der Waals surface area contributed by atoms with E-state index in [1.54, 1.807) is 4.90 Å². The molecule has 36 heavy (non-hydrogen) atoms. The molecule has 2 aliphatic carbocycles. The van der Waals surface area contributed by atoms with Gasteiger partial charge in [-0.1, -0.05) is 42.2 Å². The minimum absolute atomic E-state index is 0.0114. The number of nitriles is 1. The van der Waals surface area contributed by atoms with Gasteiger partial charge in [0.2, 0.25) is 0 Å². The number of aliphatic hydroxyl groups is 1. The van der Waals surface area contributed by atoms with Crippen molar-refractivity contribution in [3.05, 3.63) is 52.6 Å². The molecule has 3 aliphatic rings. The second-order valence-corrected chi connectivity index (χ2v) is 11.1. The number of amides is 2. The minimum atomic E-state index is -0.597. The molecule has 1 saturated carbocycles. The van der Waals surface area contributed by atoms with Crippen molar-refractivity contribution in [2.75, 3.05) is 13.1 Å². The standard InChI is InChI=1S/C27H31N5O3S/c1-16(2)35-27(17(3)14-28)13-18(27)7-10-24-30-31-25(36-24)22-6-4-5-21-20(22)8-9-23(21)29-26(34)32-12-11-19(33)15-32/h4-7,10,16,18-19,23,33H,3,8-9,11-13,15H2,1-2H3,(H,29,34)/b10-7+/t18?,19-,23-,27-/m0/s1. The van der Waals surface area contributed by atoms with E-state index in [1.165, 1.54) is 16.9 Å². The summed E-state index contributed by atoms with van der Waals surface area (Å²) in [5.74, 6) is 0.0986. The first-order valence-corrected chi connectivity index (χ1v) is 13.3. The molecule has 1 aromatic heterocycles. The number of carbonyl (C=O) groups is 1. The molecule has 2 heterocycles. The summed E-state index contributed by atoms with van der Waals surface area (Å²) >= 11 is 1.53. The predicted molar refractivity (Wildman–Crippen MR) is 138 cm³/mol. The molecular formula is C27H31N5O3S. The number of carbonyl (C=O) groups excluding carboxylic acids is 1. The van der Waals surface area contributed by atoms with E-state index in [2.05, 4.69) is 40.3 Å². The summed E-state index contributed by atoms with van der Waals surface area (Å²) < 4.78 is 6.05. The van der Waals surface area contributed by atoms with Crippen LogP contribution in [0.1, 0.15) is 55.3 Å². The highest BCUT2D eigenvalue weighted by Crippen LogP contribution is 2.53. The van der Waals surface area contributed by atoms with E-state index < -0.39 is 11.7 Å². The molecule has 0 radical (unpaired) electrons. The molecule has 4 atom stereocenters. The summed E-state index contributed by atoms with van der Waals surface area (Å²) in [4.78, 5) is 14.3. The van der Waals surface area contributed by atoms with Crippen LogP contribution in [0.4, 0.5) is 4.79 Å². The second kappa shape index (κ2) is 9.77. The number of benzene rings is 1. The lowest BCUT2D eigenvalue weighted by molar-refractivity contribution is 0.00807. The van der Waals surface area contributed by atoms with Gasteiger partial charge in [0, 0.05) is 24.6 Å². The van der Waals surface area contributed by atoms with Gasteiger partial charge in [0.1, 0.15) is 15.6 Å². The molecule has 2 fully saturated rings. The molecule has 1 unspecified atom stereocenters. The Labute approximate surface area is 215 Å². The Morgan fingerprint density at radius 3 is 2.97 bits per heavy atom. The number of nitrogens with zero attached hydrogens (tertiary/aromatic N) is 4. The number of ether oxygens (including phenoxy) is 1. The average Bonchev–Trinajstić information content (AvgIpc) is 3.26. The largest absolute Gasteiger partial charge is 0.391 e. The van der Waals surface area contributed by atoms with Crippen LogP contribution in [0.15, 0.2) is 36.4 Å². The number of hydrogen-bond donors (Lipinski definition) is 2. The van der Waals surface area contributed by atoms with Crippen LogP contribution < -0.4 is 5.32 Å². The quantitative estimate of drug-likeness (QED) is 0.545. The monoisotopic (exact) mass is 505 g/mol. The lowest BCUT2D eigenvalue weighted by Crippen LogP contribution is -2.40. The maximum atomic E-state index is 12.7. The van der Waals surface area contributed by atoms with E-state index in [9.17, 15) is 15.2 Å².